The monoisotopic (exact) mass is 284 g/mol. The maximum atomic E-state index is 13.5. The lowest BCUT2D eigenvalue weighted by Crippen LogP contribution is -2.15. The van der Waals surface area contributed by atoms with Crippen molar-refractivity contribution < 1.29 is 9.18 Å². The highest BCUT2D eigenvalue weighted by Crippen LogP contribution is 2.11. The first-order valence-electron chi connectivity index (χ1n) is 5.97. The van der Waals surface area contributed by atoms with E-state index >= 15 is 0 Å². The molecule has 0 fully saturated rings. The summed E-state index contributed by atoms with van der Waals surface area (Å²) in [5.41, 5.74) is -0.0570. The van der Waals surface area contributed by atoms with Crippen LogP contribution in [0.2, 0.25) is 0 Å². The molecule has 0 bridgehead atoms. The van der Waals surface area contributed by atoms with E-state index < -0.39 is 11.7 Å². The van der Waals surface area contributed by atoms with E-state index in [-0.39, 0.29) is 11.4 Å². The largest absolute Gasteiger partial charge is 0.306 e. The molecule has 0 aliphatic carbocycles. The normalized spacial score (nSPS) is 10.3. The number of nitrogens with one attached hydrogen (secondary N) is 1. The smallest absolute Gasteiger partial charge is 0.259 e. The van der Waals surface area contributed by atoms with Gasteiger partial charge in [0.15, 0.2) is 5.82 Å². The predicted octanol–water partition coefficient (Wildman–Crippen LogP) is 1.45. The Labute approximate surface area is 118 Å². The third kappa shape index (κ3) is 2.73. The first-order valence-corrected chi connectivity index (χ1v) is 5.97. The van der Waals surface area contributed by atoms with Gasteiger partial charge in [0.25, 0.3) is 5.91 Å². The number of carbonyl (C=O) groups is 1. The van der Waals surface area contributed by atoms with Crippen LogP contribution < -0.4 is 5.32 Å². The number of halogens is 1. The fourth-order valence-corrected chi connectivity index (χ4v) is 1.70. The molecule has 21 heavy (non-hydrogen) atoms. The number of benzene rings is 1. The highest BCUT2D eigenvalue weighted by molar-refractivity contribution is 6.03. The van der Waals surface area contributed by atoms with Gasteiger partial charge >= 0.3 is 0 Å². The number of anilines is 1. The number of rotatable bonds is 3. The Morgan fingerprint density at radius 2 is 2.05 bits per heavy atom. The Balaban J connectivity index is 1.84. The molecule has 1 aromatic carbocycles. The number of amides is 1. The Bertz CT molecular complexity index is 774. The SMILES string of the molecule is O=C(Nc1cc(-n2cncn2)ncn1)c1ccccc1F. The molecule has 0 aliphatic rings. The summed E-state index contributed by atoms with van der Waals surface area (Å²) >= 11 is 0. The second-order valence-electron chi connectivity index (χ2n) is 4.04. The van der Waals surface area contributed by atoms with Crippen molar-refractivity contribution in [3.05, 3.63) is 60.7 Å². The predicted molar refractivity (Wildman–Crippen MR) is 71.3 cm³/mol. The maximum Gasteiger partial charge on any atom is 0.259 e. The molecule has 0 saturated heterocycles. The van der Waals surface area contributed by atoms with Crippen LogP contribution in [0.1, 0.15) is 10.4 Å². The van der Waals surface area contributed by atoms with Crippen LogP contribution in [0.5, 0.6) is 0 Å². The van der Waals surface area contributed by atoms with E-state index in [1.165, 1.54) is 47.9 Å². The van der Waals surface area contributed by atoms with Crippen molar-refractivity contribution >= 4 is 11.7 Å². The Hall–Kier alpha value is -3.16. The van der Waals surface area contributed by atoms with Gasteiger partial charge in [-0.2, -0.15) is 5.10 Å². The van der Waals surface area contributed by atoms with Gasteiger partial charge in [0, 0.05) is 6.07 Å². The molecule has 1 amide bonds. The summed E-state index contributed by atoms with van der Waals surface area (Å²) in [7, 11) is 0. The molecule has 0 saturated carbocycles. The van der Waals surface area contributed by atoms with Gasteiger partial charge in [-0.05, 0) is 12.1 Å². The first-order chi connectivity index (χ1) is 10.2. The van der Waals surface area contributed by atoms with Crippen LogP contribution in [-0.2, 0) is 0 Å². The van der Waals surface area contributed by atoms with Crippen LogP contribution in [0.4, 0.5) is 10.2 Å². The van der Waals surface area contributed by atoms with Gasteiger partial charge in [0.1, 0.15) is 30.6 Å². The second kappa shape index (κ2) is 5.45. The van der Waals surface area contributed by atoms with Crippen molar-refractivity contribution in [1.29, 1.82) is 0 Å². The van der Waals surface area contributed by atoms with E-state index in [0.29, 0.717) is 5.82 Å². The molecule has 0 radical (unpaired) electrons. The quantitative estimate of drug-likeness (QED) is 0.786. The zero-order valence-corrected chi connectivity index (χ0v) is 10.6. The van der Waals surface area contributed by atoms with Crippen LogP contribution in [0.25, 0.3) is 5.82 Å². The van der Waals surface area contributed by atoms with Crippen LogP contribution in [0.15, 0.2) is 49.3 Å². The van der Waals surface area contributed by atoms with Gasteiger partial charge < -0.3 is 5.32 Å². The van der Waals surface area contributed by atoms with Gasteiger partial charge in [-0.3, -0.25) is 4.79 Å². The lowest BCUT2D eigenvalue weighted by Gasteiger charge is -2.06. The molecule has 3 aromatic rings. The number of hydrogen-bond acceptors (Lipinski definition) is 5. The van der Waals surface area contributed by atoms with E-state index in [1.807, 2.05) is 0 Å². The Morgan fingerprint density at radius 1 is 1.19 bits per heavy atom. The first kappa shape index (κ1) is 12.9. The third-order valence-corrected chi connectivity index (χ3v) is 2.67. The molecule has 8 heteroatoms. The molecule has 3 rings (SSSR count). The molecule has 1 N–H and O–H groups in total. The summed E-state index contributed by atoms with van der Waals surface area (Å²) in [5.74, 6) is -0.507. The fraction of sp³-hybridized carbons (Fsp3) is 0. The molecule has 7 nitrogen and oxygen atoms in total. The lowest BCUT2D eigenvalue weighted by molar-refractivity contribution is 0.102. The Kier molecular flexibility index (Phi) is 3.34. The van der Waals surface area contributed by atoms with Crippen molar-refractivity contribution in [1.82, 2.24) is 24.7 Å². The van der Waals surface area contributed by atoms with Gasteiger partial charge in [-0.15, -0.1) is 0 Å². The highest BCUT2D eigenvalue weighted by atomic mass is 19.1. The van der Waals surface area contributed by atoms with E-state index in [0.717, 1.165) is 0 Å². The number of carbonyl (C=O) groups excluding carboxylic acids is 1. The van der Waals surface area contributed by atoms with Gasteiger partial charge in [-0.25, -0.2) is 24.0 Å². The van der Waals surface area contributed by atoms with Crippen molar-refractivity contribution in [2.24, 2.45) is 0 Å². The molecule has 2 heterocycles. The summed E-state index contributed by atoms with van der Waals surface area (Å²) in [6, 6.07) is 7.21. The van der Waals surface area contributed by atoms with Gasteiger partial charge in [0.05, 0.1) is 5.56 Å². The summed E-state index contributed by atoms with van der Waals surface area (Å²) in [4.78, 5) is 23.7. The lowest BCUT2D eigenvalue weighted by atomic mass is 10.2. The zero-order valence-electron chi connectivity index (χ0n) is 10.6. The maximum absolute atomic E-state index is 13.5. The topological polar surface area (TPSA) is 85.6 Å². The Morgan fingerprint density at radius 3 is 2.81 bits per heavy atom. The van der Waals surface area contributed by atoms with Gasteiger partial charge in [-0.1, -0.05) is 12.1 Å². The van der Waals surface area contributed by atoms with Crippen LogP contribution in [0.3, 0.4) is 0 Å². The van der Waals surface area contributed by atoms with Crippen molar-refractivity contribution in [2.45, 2.75) is 0 Å². The molecule has 104 valence electrons. The number of hydrogen-bond donors (Lipinski definition) is 1. The molecule has 0 unspecified atom stereocenters. The highest BCUT2D eigenvalue weighted by Gasteiger charge is 2.12. The molecule has 0 aliphatic heterocycles. The summed E-state index contributed by atoms with van der Waals surface area (Å²) < 4.78 is 14.9. The van der Waals surface area contributed by atoms with Gasteiger partial charge in [0.2, 0.25) is 0 Å². The van der Waals surface area contributed by atoms with E-state index in [2.05, 4.69) is 25.4 Å². The average Bonchev–Trinajstić information content (AvgIpc) is 3.02. The molecular formula is C13H9FN6O. The molecular weight excluding hydrogens is 275 g/mol. The van der Waals surface area contributed by atoms with Crippen LogP contribution in [0, 0.1) is 5.82 Å². The van der Waals surface area contributed by atoms with E-state index in [1.54, 1.807) is 6.07 Å². The second-order valence-corrected chi connectivity index (χ2v) is 4.04. The standard InChI is InChI=1S/C13H9FN6O/c14-10-4-2-1-3-9(10)13(21)19-11-5-12(17-7-16-11)20-8-15-6-18-20/h1-8H,(H,16,17,19,21). The minimum absolute atomic E-state index is 0.0570. The molecule has 0 spiro atoms. The number of nitrogens with zero attached hydrogens (tertiary/aromatic N) is 5. The third-order valence-electron chi connectivity index (χ3n) is 2.67. The van der Waals surface area contributed by atoms with Crippen LogP contribution in [-0.4, -0.2) is 30.6 Å². The summed E-state index contributed by atoms with van der Waals surface area (Å²) in [6.07, 6.45) is 4.10. The molecule has 0 atom stereocenters. The van der Waals surface area contributed by atoms with E-state index in [9.17, 15) is 9.18 Å². The van der Waals surface area contributed by atoms with Crippen molar-refractivity contribution in [3.8, 4) is 5.82 Å². The minimum Gasteiger partial charge on any atom is -0.306 e. The number of aromatic nitrogens is 5. The molecule has 2 aromatic heterocycles. The fourth-order valence-electron chi connectivity index (χ4n) is 1.70. The van der Waals surface area contributed by atoms with E-state index in [4.69, 9.17) is 0 Å². The summed E-state index contributed by atoms with van der Waals surface area (Å²) in [5, 5.41) is 6.43. The minimum atomic E-state index is -0.597. The van der Waals surface area contributed by atoms with Crippen LogP contribution >= 0.6 is 0 Å². The zero-order chi connectivity index (χ0) is 14.7. The average molecular weight is 284 g/mol. The van der Waals surface area contributed by atoms with Crippen molar-refractivity contribution in [2.75, 3.05) is 5.32 Å². The summed E-state index contributed by atoms with van der Waals surface area (Å²) in [6.45, 7) is 0. The van der Waals surface area contributed by atoms with Crippen molar-refractivity contribution in [3.63, 3.8) is 0 Å².